The number of carbonyl (C=O) groups excluding carboxylic acids is 1. The van der Waals surface area contributed by atoms with Gasteiger partial charge in [-0.05, 0) is 36.8 Å². The second-order valence-electron chi connectivity index (χ2n) is 8.13. The van der Waals surface area contributed by atoms with Gasteiger partial charge in [-0.15, -0.1) is 0 Å². The number of allylic oxidation sites excluding steroid dienone is 1. The van der Waals surface area contributed by atoms with Gasteiger partial charge in [0, 0.05) is 12.8 Å². The van der Waals surface area contributed by atoms with Crippen LogP contribution in [0.1, 0.15) is 98.3 Å². The number of unbranched alkanes of at least 4 members (excludes halogenated alkanes) is 6. The van der Waals surface area contributed by atoms with Crippen molar-refractivity contribution in [2.75, 3.05) is 6.61 Å². The van der Waals surface area contributed by atoms with Gasteiger partial charge in [-0.3, -0.25) is 4.79 Å². The zero-order valence-electron chi connectivity index (χ0n) is 16.7. The summed E-state index contributed by atoms with van der Waals surface area (Å²) in [5, 5.41) is 0. The smallest absolute Gasteiger partial charge is 0.306 e. The summed E-state index contributed by atoms with van der Waals surface area (Å²) in [5.41, 5.74) is 0.393. The number of hydrogen-bond acceptors (Lipinski definition) is 2. The van der Waals surface area contributed by atoms with Gasteiger partial charge in [0.05, 0.1) is 0 Å². The molecule has 0 unspecified atom stereocenters. The topological polar surface area (TPSA) is 26.3 Å². The number of hydrogen-bond donors (Lipinski definition) is 0. The van der Waals surface area contributed by atoms with E-state index in [0.29, 0.717) is 18.3 Å². The standard InChI is InChI=1S/C21H38F2O2/c1-5-6-11-16-21(22,23)17-13-18-25-19(24)14-10-8-7-9-12-15-20(2,3)4/h13,17H,5-12,14-16,18H2,1-4H3/b17-13+. The summed E-state index contributed by atoms with van der Waals surface area (Å²) in [6.07, 6.45) is 11.2. The van der Waals surface area contributed by atoms with Crippen LogP contribution in [0.5, 0.6) is 0 Å². The Balaban J connectivity index is 3.62. The van der Waals surface area contributed by atoms with E-state index in [0.717, 1.165) is 38.2 Å². The van der Waals surface area contributed by atoms with Crippen LogP contribution in [-0.2, 0) is 9.53 Å². The number of rotatable bonds is 14. The van der Waals surface area contributed by atoms with Crippen molar-refractivity contribution in [1.29, 1.82) is 0 Å². The molecule has 0 fully saturated rings. The number of halogens is 2. The molecule has 2 nitrogen and oxygen atoms in total. The molecule has 0 rings (SSSR count). The van der Waals surface area contributed by atoms with E-state index in [4.69, 9.17) is 4.74 Å². The summed E-state index contributed by atoms with van der Waals surface area (Å²) in [7, 11) is 0. The lowest BCUT2D eigenvalue weighted by atomic mass is 9.89. The monoisotopic (exact) mass is 360 g/mol. The molecule has 0 amide bonds. The maximum absolute atomic E-state index is 13.5. The third-order valence-corrected chi connectivity index (χ3v) is 4.12. The van der Waals surface area contributed by atoms with Crippen LogP contribution in [-0.4, -0.2) is 18.5 Å². The molecule has 0 bridgehead atoms. The van der Waals surface area contributed by atoms with Gasteiger partial charge >= 0.3 is 5.97 Å². The molecule has 0 N–H and O–H groups in total. The molecule has 0 atom stereocenters. The zero-order valence-corrected chi connectivity index (χ0v) is 16.7. The summed E-state index contributed by atoms with van der Waals surface area (Å²) in [4.78, 5) is 11.6. The van der Waals surface area contributed by atoms with Crippen molar-refractivity contribution in [3.63, 3.8) is 0 Å². The maximum Gasteiger partial charge on any atom is 0.306 e. The van der Waals surface area contributed by atoms with Gasteiger partial charge in [0.25, 0.3) is 5.92 Å². The minimum Gasteiger partial charge on any atom is -0.461 e. The number of carbonyl (C=O) groups is 1. The minimum atomic E-state index is -2.80. The van der Waals surface area contributed by atoms with Crippen molar-refractivity contribution in [2.24, 2.45) is 5.41 Å². The fraction of sp³-hybridized carbons (Fsp3) is 0.857. The molecule has 0 aliphatic rings. The van der Waals surface area contributed by atoms with Crippen LogP contribution < -0.4 is 0 Å². The zero-order chi connectivity index (χ0) is 19.2. The molecule has 0 aliphatic heterocycles. The van der Waals surface area contributed by atoms with Crippen molar-refractivity contribution >= 4 is 5.97 Å². The van der Waals surface area contributed by atoms with E-state index in [-0.39, 0.29) is 19.0 Å². The second-order valence-corrected chi connectivity index (χ2v) is 8.13. The Labute approximate surface area is 153 Å². The Morgan fingerprint density at radius 1 is 0.920 bits per heavy atom. The summed E-state index contributed by atoms with van der Waals surface area (Å²) in [5.74, 6) is -3.09. The third-order valence-electron chi connectivity index (χ3n) is 4.12. The molecular formula is C21H38F2O2. The first kappa shape index (κ1) is 24.1. The molecule has 25 heavy (non-hydrogen) atoms. The highest BCUT2D eigenvalue weighted by molar-refractivity contribution is 5.69. The Kier molecular flexibility index (Phi) is 12.8. The first-order chi connectivity index (χ1) is 11.7. The van der Waals surface area contributed by atoms with Gasteiger partial charge in [-0.2, -0.15) is 0 Å². The second kappa shape index (κ2) is 13.3. The first-order valence-corrected chi connectivity index (χ1v) is 9.87. The molecule has 0 aromatic rings. The fourth-order valence-electron chi connectivity index (χ4n) is 2.58. The van der Waals surface area contributed by atoms with Gasteiger partial charge in [-0.25, -0.2) is 8.78 Å². The highest BCUT2D eigenvalue weighted by Crippen LogP contribution is 2.23. The normalized spacial score (nSPS) is 12.7. The first-order valence-electron chi connectivity index (χ1n) is 9.87. The summed E-state index contributed by atoms with van der Waals surface area (Å²) < 4.78 is 31.9. The van der Waals surface area contributed by atoms with E-state index in [2.05, 4.69) is 20.8 Å². The molecule has 0 saturated carbocycles. The Hall–Kier alpha value is -0.930. The van der Waals surface area contributed by atoms with E-state index >= 15 is 0 Å². The molecular weight excluding hydrogens is 322 g/mol. The van der Waals surface area contributed by atoms with Crippen LogP contribution in [0.3, 0.4) is 0 Å². The summed E-state index contributed by atoms with van der Waals surface area (Å²) in [6, 6.07) is 0. The van der Waals surface area contributed by atoms with Gasteiger partial charge in [-0.1, -0.05) is 66.2 Å². The summed E-state index contributed by atoms with van der Waals surface area (Å²) >= 11 is 0. The van der Waals surface area contributed by atoms with Crippen LogP contribution in [0.4, 0.5) is 8.78 Å². The molecule has 0 aromatic heterocycles. The number of ether oxygens (including phenoxy) is 1. The predicted molar refractivity (Wildman–Crippen MR) is 101 cm³/mol. The van der Waals surface area contributed by atoms with E-state index in [1.807, 2.05) is 6.92 Å². The average Bonchev–Trinajstić information content (AvgIpc) is 2.50. The maximum atomic E-state index is 13.5. The van der Waals surface area contributed by atoms with Gasteiger partial charge < -0.3 is 4.74 Å². The molecule has 0 spiro atoms. The lowest BCUT2D eigenvalue weighted by Crippen LogP contribution is -2.12. The van der Waals surface area contributed by atoms with E-state index in [1.54, 1.807) is 0 Å². The van der Waals surface area contributed by atoms with Crippen molar-refractivity contribution in [3.05, 3.63) is 12.2 Å². The largest absolute Gasteiger partial charge is 0.461 e. The SMILES string of the molecule is CCCCCC(F)(F)/C=C/COC(=O)CCCCCCCC(C)(C)C. The highest BCUT2D eigenvalue weighted by atomic mass is 19.3. The molecule has 0 heterocycles. The third kappa shape index (κ3) is 17.7. The quantitative estimate of drug-likeness (QED) is 0.188. The van der Waals surface area contributed by atoms with Crippen molar-refractivity contribution in [3.8, 4) is 0 Å². The van der Waals surface area contributed by atoms with Crippen molar-refractivity contribution < 1.29 is 18.3 Å². The van der Waals surface area contributed by atoms with Crippen molar-refractivity contribution in [1.82, 2.24) is 0 Å². The average molecular weight is 361 g/mol. The van der Waals surface area contributed by atoms with Gasteiger partial charge in [0.15, 0.2) is 0 Å². The van der Waals surface area contributed by atoms with Crippen LogP contribution in [0, 0.1) is 5.41 Å². The number of esters is 1. The van der Waals surface area contributed by atoms with Crippen LogP contribution >= 0.6 is 0 Å². The van der Waals surface area contributed by atoms with Gasteiger partial charge in [0.2, 0.25) is 0 Å². The number of alkyl halides is 2. The van der Waals surface area contributed by atoms with Crippen LogP contribution in [0.15, 0.2) is 12.2 Å². The molecule has 4 heteroatoms. The van der Waals surface area contributed by atoms with Crippen LogP contribution in [0.25, 0.3) is 0 Å². The Morgan fingerprint density at radius 2 is 1.52 bits per heavy atom. The van der Waals surface area contributed by atoms with E-state index in [9.17, 15) is 13.6 Å². The molecule has 148 valence electrons. The van der Waals surface area contributed by atoms with Gasteiger partial charge in [0.1, 0.15) is 6.61 Å². The minimum absolute atomic E-state index is 0.0617. The summed E-state index contributed by atoms with van der Waals surface area (Å²) in [6.45, 7) is 8.67. The molecule has 0 radical (unpaired) electrons. The van der Waals surface area contributed by atoms with Crippen molar-refractivity contribution in [2.45, 2.75) is 104 Å². The van der Waals surface area contributed by atoms with E-state index in [1.165, 1.54) is 25.3 Å². The van der Waals surface area contributed by atoms with E-state index < -0.39 is 5.92 Å². The molecule has 0 saturated heterocycles. The molecule has 0 aliphatic carbocycles. The highest BCUT2D eigenvalue weighted by Gasteiger charge is 2.23. The lowest BCUT2D eigenvalue weighted by Gasteiger charge is -2.17. The lowest BCUT2D eigenvalue weighted by molar-refractivity contribution is -0.142. The Bertz CT molecular complexity index is 371. The van der Waals surface area contributed by atoms with Crippen LogP contribution in [0.2, 0.25) is 0 Å². The fourth-order valence-corrected chi connectivity index (χ4v) is 2.58. The Morgan fingerprint density at radius 3 is 2.16 bits per heavy atom. The molecule has 0 aromatic carbocycles. The predicted octanol–water partition coefficient (Wildman–Crippen LogP) is 7.08.